The molecule has 0 unspecified atom stereocenters. The van der Waals surface area contributed by atoms with Gasteiger partial charge in [0.1, 0.15) is 17.3 Å². The molecule has 2 heterocycles. The number of carbonyl (C=O) groups is 1. The van der Waals surface area contributed by atoms with Gasteiger partial charge in [0.05, 0.1) is 14.2 Å². The summed E-state index contributed by atoms with van der Waals surface area (Å²) in [6.07, 6.45) is 3.43. The van der Waals surface area contributed by atoms with Crippen molar-refractivity contribution in [2.24, 2.45) is 0 Å². The van der Waals surface area contributed by atoms with Gasteiger partial charge in [-0.05, 0) is 30.7 Å². The first-order valence-electron chi connectivity index (χ1n) is 8.01. The van der Waals surface area contributed by atoms with Crippen LogP contribution in [0.2, 0.25) is 0 Å². The second-order valence-electron chi connectivity index (χ2n) is 5.51. The van der Waals surface area contributed by atoms with E-state index in [1.807, 2.05) is 28.8 Å². The molecule has 1 amide bonds. The Balaban J connectivity index is 1.56. The van der Waals surface area contributed by atoms with Gasteiger partial charge in [0.15, 0.2) is 5.65 Å². The number of methoxy groups -OCH3 is 2. The van der Waals surface area contributed by atoms with Crippen LogP contribution in [0.25, 0.3) is 5.65 Å². The molecule has 130 valence electrons. The number of carbonyl (C=O) groups excluding carboxylic acids is 1. The van der Waals surface area contributed by atoms with Crippen molar-refractivity contribution < 1.29 is 14.3 Å². The second-order valence-corrected chi connectivity index (χ2v) is 5.51. The summed E-state index contributed by atoms with van der Waals surface area (Å²) in [4.78, 5) is 12.3. The third-order valence-corrected chi connectivity index (χ3v) is 3.86. The highest BCUT2D eigenvalue weighted by Gasteiger charge is 2.10. The predicted molar refractivity (Wildman–Crippen MR) is 93.2 cm³/mol. The van der Waals surface area contributed by atoms with E-state index in [9.17, 15) is 4.79 Å². The molecule has 0 fully saturated rings. The maximum absolute atomic E-state index is 12.3. The molecule has 0 aliphatic heterocycles. The molecule has 0 atom stereocenters. The Morgan fingerprint density at radius 1 is 1.12 bits per heavy atom. The molecule has 7 heteroatoms. The van der Waals surface area contributed by atoms with Gasteiger partial charge in [0, 0.05) is 30.8 Å². The van der Waals surface area contributed by atoms with Crippen LogP contribution in [0.3, 0.4) is 0 Å². The monoisotopic (exact) mass is 340 g/mol. The Morgan fingerprint density at radius 2 is 1.88 bits per heavy atom. The van der Waals surface area contributed by atoms with E-state index in [4.69, 9.17) is 9.47 Å². The molecule has 0 aliphatic carbocycles. The van der Waals surface area contributed by atoms with Gasteiger partial charge < -0.3 is 14.8 Å². The van der Waals surface area contributed by atoms with Crippen LogP contribution in [0.1, 0.15) is 22.6 Å². The number of rotatable bonds is 7. The molecule has 2 aromatic heterocycles. The highest BCUT2D eigenvalue weighted by atomic mass is 16.5. The first kappa shape index (κ1) is 16.8. The molecule has 3 aromatic rings. The van der Waals surface area contributed by atoms with Gasteiger partial charge >= 0.3 is 0 Å². The molecule has 1 N–H and O–H groups in total. The van der Waals surface area contributed by atoms with Crippen LogP contribution in [0.15, 0.2) is 42.6 Å². The molecule has 0 bridgehead atoms. The highest BCUT2D eigenvalue weighted by Crippen LogP contribution is 2.22. The minimum Gasteiger partial charge on any atom is -0.497 e. The number of pyridine rings is 1. The van der Waals surface area contributed by atoms with Gasteiger partial charge in [0.2, 0.25) is 0 Å². The molecule has 0 spiro atoms. The number of hydrogen-bond acceptors (Lipinski definition) is 5. The lowest BCUT2D eigenvalue weighted by Gasteiger charge is -2.09. The van der Waals surface area contributed by atoms with Crippen molar-refractivity contribution in [3.05, 3.63) is 54.0 Å². The third kappa shape index (κ3) is 3.88. The first-order chi connectivity index (χ1) is 12.2. The van der Waals surface area contributed by atoms with Gasteiger partial charge in [0.25, 0.3) is 5.91 Å². The molecule has 0 saturated heterocycles. The lowest BCUT2D eigenvalue weighted by Crippen LogP contribution is -2.25. The number of aromatic nitrogens is 3. The molecular weight excluding hydrogens is 320 g/mol. The third-order valence-electron chi connectivity index (χ3n) is 3.86. The Hall–Kier alpha value is -3.09. The zero-order valence-corrected chi connectivity index (χ0v) is 14.2. The SMILES string of the molecule is COc1cc(OC)cc(C(=O)NCCCc2nnc3ccccn23)c1. The Morgan fingerprint density at radius 3 is 2.60 bits per heavy atom. The average Bonchev–Trinajstić information content (AvgIpc) is 3.07. The number of ether oxygens (including phenoxy) is 2. The van der Waals surface area contributed by atoms with E-state index in [2.05, 4.69) is 15.5 Å². The minimum atomic E-state index is -0.164. The number of nitrogens with one attached hydrogen (secondary N) is 1. The summed E-state index contributed by atoms with van der Waals surface area (Å²) in [6.45, 7) is 0.542. The minimum absolute atomic E-state index is 0.164. The van der Waals surface area contributed by atoms with Gasteiger partial charge in [-0.1, -0.05) is 6.07 Å². The predicted octanol–water partition coefficient (Wildman–Crippen LogP) is 2.11. The smallest absolute Gasteiger partial charge is 0.251 e. The maximum atomic E-state index is 12.3. The Labute approximate surface area is 145 Å². The maximum Gasteiger partial charge on any atom is 0.251 e. The number of amides is 1. The first-order valence-corrected chi connectivity index (χ1v) is 8.01. The zero-order valence-electron chi connectivity index (χ0n) is 14.2. The number of benzene rings is 1. The topological polar surface area (TPSA) is 77.8 Å². The molecule has 0 aliphatic rings. The van der Waals surface area contributed by atoms with Crippen LogP contribution < -0.4 is 14.8 Å². The van der Waals surface area contributed by atoms with E-state index in [-0.39, 0.29) is 5.91 Å². The van der Waals surface area contributed by atoms with Crippen molar-refractivity contribution in [3.8, 4) is 11.5 Å². The van der Waals surface area contributed by atoms with Crippen LogP contribution in [-0.2, 0) is 6.42 Å². The van der Waals surface area contributed by atoms with E-state index in [0.717, 1.165) is 24.3 Å². The summed E-state index contributed by atoms with van der Waals surface area (Å²) >= 11 is 0. The lowest BCUT2D eigenvalue weighted by molar-refractivity contribution is 0.0952. The summed E-state index contributed by atoms with van der Waals surface area (Å²) in [5.74, 6) is 1.88. The van der Waals surface area contributed by atoms with Crippen LogP contribution in [0, 0.1) is 0 Å². The lowest BCUT2D eigenvalue weighted by atomic mass is 10.2. The molecule has 1 aromatic carbocycles. The van der Waals surface area contributed by atoms with E-state index in [0.29, 0.717) is 23.6 Å². The summed E-state index contributed by atoms with van der Waals surface area (Å²) in [6, 6.07) is 10.9. The summed E-state index contributed by atoms with van der Waals surface area (Å²) in [7, 11) is 3.11. The fraction of sp³-hybridized carbons (Fsp3) is 0.278. The van der Waals surface area contributed by atoms with Gasteiger partial charge in [-0.2, -0.15) is 0 Å². The number of nitrogens with zero attached hydrogens (tertiary/aromatic N) is 3. The van der Waals surface area contributed by atoms with Crippen molar-refractivity contribution in [3.63, 3.8) is 0 Å². The van der Waals surface area contributed by atoms with Crippen molar-refractivity contribution in [2.45, 2.75) is 12.8 Å². The van der Waals surface area contributed by atoms with E-state index in [1.54, 1.807) is 32.4 Å². The second kappa shape index (κ2) is 7.65. The number of aryl methyl sites for hydroxylation is 1. The van der Waals surface area contributed by atoms with Crippen LogP contribution >= 0.6 is 0 Å². The Bertz CT molecular complexity index is 853. The van der Waals surface area contributed by atoms with Gasteiger partial charge in [-0.3, -0.25) is 9.20 Å². The van der Waals surface area contributed by atoms with Crippen molar-refractivity contribution in [1.29, 1.82) is 0 Å². The summed E-state index contributed by atoms with van der Waals surface area (Å²) < 4.78 is 12.3. The molecule has 0 saturated carbocycles. The number of fused-ring (bicyclic) bond motifs is 1. The van der Waals surface area contributed by atoms with Crippen molar-refractivity contribution >= 4 is 11.6 Å². The average molecular weight is 340 g/mol. The standard InChI is InChI=1S/C18H20N4O3/c1-24-14-10-13(11-15(12-14)25-2)18(23)19-8-5-7-17-21-20-16-6-3-4-9-22(16)17/h3-4,6,9-12H,5,7-8H2,1-2H3,(H,19,23). The van der Waals surface area contributed by atoms with Crippen LogP contribution in [0.4, 0.5) is 0 Å². The molecule has 3 rings (SSSR count). The summed E-state index contributed by atoms with van der Waals surface area (Å²) in [5.41, 5.74) is 1.33. The summed E-state index contributed by atoms with van der Waals surface area (Å²) in [5, 5.41) is 11.2. The van der Waals surface area contributed by atoms with E-state index in [1.165, 1.54) is 0 Å². The molecular formula is C18H20N4O3. The largest absolute Gasteiger partial charge is 0.497 e. The quantitative estimate of drug-likeness (QED) is 0.667. The van der Waals surface area contributed by atoms with E-state index >= 15 is 0 Å². The van der Waals surface area contributed by atoms with Crippen LogP contribution in [0.5, 0.6) is 11.5 Å². The zero-order chi connectivity index (χ0) is 17.6. The van der Waals surface area contributed by atoms with Crippen molar-refractivity contribution in [2.75, 3.05) is 20.8 Å². The molecule has 25 heavy (non-hydrogen) atoms. The molecule has 0 radical (unpaired) electrons. The molecule has 7 nitrogen and oxygen atoms in total. The Kier molecular flexibility index (Phi) is 5.13. The van der Waals surface area contributed by atoms with E-state index < -0.39 is 0 Å². The van der Waals surface area contributed by atoms with Gasteiger partial charge in [-0.15, -0.1) is 10.2 Å². The fourth-order valence-corrected chi connectivity index (χ4v) is 2.55. The normalized spacial score (nSPS) is 10.6. The highest BCUT2D eigenvalue weighted by molar-refractivity contribution is 5.95. The van der Waals surface area contributed by atoms with Gasteiger partial charge in [-0.25, -0.2) is 0 Å². The van der Waals surface area contributed by atoms with Crippen molar-refractivity contribution in [1.82, 2.24) is 19.9 Å². The number of hydrogen-bond donors (Lipinski definition) is 1. The fourth-order valence-electron chi connectivity index (χ4n) is 2.55. The van der Waals surface area contributed by atoms with Crippen LogP contribution in [-0.4, -0.2) is 41.3 Å².